The summed E-state index contributed by atoms with van der Waals surface area (Å²) in [4.78, 5) is 14.0. The molecule has 1 saturated heterocycles. The lowest BCUT2D eigenvalue weighted by atomic mass is 9.79. The lowest BCUT2D eigenvalue weighted by Crippen LogP contribution is -2.37. The van der Waals surface area contributed by atoms with Crippen LogP contribution in [0.15, 0.2) is 18.2 Å². The van der Waals surface area contributed by atoms with Gasteiger partial charge in [-0.25, -0.2) is 0 Å². The fourth-order valence-corrected chi connectivity index (χ4v) is 2.37. The van der Waals surface area contributed by atoms with E-state index in [0.29, 0.717) is 5.56 Å². The quantitative estimate of drug-likeness (QED) is 0.773. The van der Waals surface area contributed by atoms with Gasteiger partial charge in [0.2, 0.25) is 0 Å². The average Bonchev–Trinajstić information content (AvgIpc) is 2.39. The Morgan fingerprint density at radius 1 is 1.22 bits per heavy atom. The molecule has 1 fully saturated rings. The minimum atomic E-state index is -1.66. The predicted molar refractivity (Wildman–Crippen MR) is 71.0 cm³/mol. The number of likely N-dealkylation sites (tertiary alicyclic amines) is 1. The number of carbonyl (C=O) groups is 1. The van der Waals surface area contributed by atoms with Crippen molar-refractivity contribution in [1.29, 1.82) is 0 Å². The zero-order chi connectivity index (χ0) is 13.1. The molecule has 2 N–H and O–H groups in total. The van der Waals surface area contributed by atoms with Gasteiger partial charge in [0.05, 0.1) is 0 Å². The summed E-state index contributed by atoms with van der Waals surface area (Å²) in [5, 5.41) is 18.6. The summed E-state index contributed by atoms with van der Waals surface area (Å²) in [6, 6.07) is 4.59. The van der Waals surface area contributed by atoms with Crippen molar-refractivity contribution < 1.29 is 14.8 Å². The Morgan fingerprint density at radius 3 is 2.50 bits per heavy atom. The van der Waals surface area contributed by atoms with E-state index in [2.05, 4.69) is 0 Å². The van der Waals surface area contributed by atoms with E-state index in [0.717, 1.165) is 32.4 Å². The highest BCUT2D eigenvalue weighted by molar-refractivity contribution is 6.62. The molecule has 0 unspecified atom stereocenters. The number of hydrogen-bond donors (Lipinski definition) is 2. The first-order valence-corrected chi connectivity index (χ1v) is 6.42. The van der Waals surface area contributed by atoms with Crippen LogP contribution < -0.4 is 5.46 Å². The molecule has 96 valence electrons. The molecular formula is C12H15BClNO3. The molecule has 4 nitrogen and oxygen atoms in total. The van der Waals surface area contributed by atoms with Gasteiger partial charge in [0.15, 0.2) is 0 Å². The predicted octanol–water partition coefficient (Wildman–Crippen LogP) is 0.646. The van der Waals surface area contributed by atoms with E-state index in [-0.39, 0.29) is 16.4 Å². The van der Waals surface area contributed by atoms with E-state index >= 15 is 0 Å². The molecule has 1 heterocycles. The molecule has 0 atom stereocenters. The second kappa shape index (κ2) is 5.74. The first-order chi connectivity index (χ1) is 8.59. The third-order valence-electron chi connectivity index (χ3n) is 3.16. The summed E-state index contributed by atoms with van der Waals surface area (Å²) >= 11 is 5.84. The second-order valence-electron chi connectivity index (χ2n) is 4.46. The smallest absolute Gasteiger partial charge is 0.423 e. The van der Waals surface area contributed by atoms with Crippen molar-refractivity contribution in [1.82, 2.24) is 4.90 Å². The number of nitrogens with zero attached hydrogens (tertiary/aromatic N) is 1. The molecule has 1 aromatic rings. The number of halogens is 1. The Bertz CT molecular complexity index is 447. The first kappa shape index (κ1) is 13.4. The van der Waals surface area contributed by atoms with E-state index in [1.54, 1.807) is 11.0 Å². The van der Waals surface area contributed by atoms with Crippen molar-refractivity contribution >= 4 is 30.1 Å². The minimum Gasteiger partial charge on any atom is -0.423 e. The van der Waals surface area contributed by atoms with E-state index in [1.807, 2.05) is 0 Å². The van der Waals surface area contributed by atoms with E-state index in [4.69, 9.17) is 21.6 Å². The van der Waals surface area contributed by atoms with Crippen molar-refractivity contribution in [2.45, 2.75) is 19.3 Å². The van der Waals surface area contributed by atoms with Gasteiger partial charge in [-0.15, -0.1) is 0 Å². The first-order valence-electron chi connectivity index (χ1n) is 6.04. The third-order valence-corrected chi connectivity index (χ3v) is 3.51. The molecule has 0 spiro atoms. The summed E-state index contributed by atoms with van der Waals surface area (Å²) in [5.74, 6) is -0.0757. The molecule has 2 rings (SSSR count). The van der Waals surface area contributed by atoms with Crippen molar-refractivity contribution in [2.75, 3.05) is 13.1 Å². The number of rotatable bonds is 2. The van der Waals surface area contributed by atoms with Crippen LogP contribution in [-0.4, -0.2) is 41.1 Å². The zero-order valence-corrected chi connectivity index (χ0v) is 10.7. The molecule has 18 heavy (non-hydrogen) atoms. The van der Waals surface area contributed by atoms with Crippen LogP contribution in [0.5, 0.6) is 0 Å². The second-order valence-corrected chi connectivity index (χ2v) is 4.87. The van der Waals surface area contributed by atoms with Crippen LogP contribution in [0.3, 0.4) is 0 Å². The Kier molecular flexibility index (Phi) is 4.27. The topological polar surface area (TPSA) is 60.8 Å². The number of piperidine rings is 1. The van der Waals surface area contributed by atoms with Crippen LogP contribution in [0.4, 0.5) is 0 Å². The standard InChI is InChI=1S/C12H15BClNO3/c14-11-5-4-9(8-10(11)13(17)18)12(16)15-6-2-1-3-7-15/h4-5,8,17-18H,1-3,6-7H2. The van der Waals surface area contributed by atoms with Crippen LogP contribution >= 0.6 is 11.6 Å². The molecule has 1 aromatic carbocycles. The summed E-state index contributed by atoms with van der Waals surface area (Å²) in [6.07, 6.45) is 3.20. The zero-order valence-electron chi connectivity index (χ0n) is 9.97. The molecule has 1 amide bonds. The molecule has 1 aliphatic rings. The lowest BCUT2D eigenvalue weighted by molar-refractivity contribution is 0.0724. The van der Waals surface area contributed by atoms with Crippen molar-refractivity contribution in [2.24, 2.45) is 0 Å². The maximum absolute atomic E-state index is 12.2. The van der Waals surface area contributed by atoms with Gasteiger partial charge in [0, 0.05) is 29.1 Å². The Hall–Kier alpha value is -1.04. The monoisotopic (exact) mass is 267 g/mol. The molecule has 1 aliphatic heterocycles. The van der Waals surface area contributed by atoms with Gasteiger partial charge in [-0.1, -0.05) is 11.6 Å². The van der Waals surface area contributed by atoms with Gasteiger partial charge in [-0.05, 0) is 37.5 Å². The maximum Gasteiger partial charge on any atom is 0.489 e. The third kappa shape index (κ3) is 2.86. The molecule has 6 heteroatoms. The van der Waals surface area contributed by atoms with E-state index < -0.39 is 7.12 Å². The summed E-state index contributed by atoms with van der Waals surface area (Å²) in [7, 11) is -1.66. The van der Waals surface area contributed by atoms with Gasteiger partial charge in [-0.3, -0.25) is 4.79 Å². The van der Waals surface area contributed by atoms with E-state index in [1.165, 1.54) is 12.1 Å². The van der Waals surface area contributed by atoms with Crippen LogP contribution in [0.1, 0.15) is 29.6 Å². The van der Waals surface area contributed by atoms with Crippen LogP contribution in [0.2, 0.25) is 5.02 Å². The van der Waals surface area contributed by atoms with Gasteiger partial charge in [-0.2, -0.15) is 0 Å². The van der Waals surface area contributed by atoms with Gasteiger partial charge in [0.1, 0.15) is 0 Å². The number of benzene rings is 1. The Labute approximate surface area is 111 Å². The number of amides is 1. The summed E-state index contributed by atoms with van der Waals surface area (Å²) in [6.45, 7) is 1.52. The fraction of sp³-hybridized carbons (Fsp3) is 0.417. The minimum absolute atomic E-state index is 0.0757. The number of hydrogen-bond acceptors (Lipinski definition) is 3. The largest absolute Gasteiger partial charge is 0.489 e. The molecule has 0 aliphatic carbocycles. The Balaban J connectivity index is 2.22. The average molecular weight is 268 g/mol. The maximum atomic E-state index is 12.2. The van der Waals surface area contributed by atoms with Crippen molar-refractivity contribution in [3.05, 3.63) is 28.8 Å². The lowest BCUT2D eigenvalue weighted by Gasteiger charge is -2.27. The Morgan fingerprint density at radius 2 is 1.89 bits per heavy atom. The molecule has 0 bridgehead atoms. The molecule has 0 radical (unpaired) electrons. The highest BCUT2D eigenvalue weighted by Crippen LogP contribution is 2.14. The van der Waals surface area contributed by atoms with Crippen molar-refractivity contribution in [3.8, 4) is 0 Å². The molecule has 0 aromatic heterocycles. The van der Waals surface area contributed by atoms with Gasteiger partial charge >= 0.3 is 7.12 Å². The van der Waals surface area contributed by atoms with Gasteiger partial charge in [0.25, 0.3) is 5.91 Å². The SMILES string of the molecule is O=C(c1ccc(Cl)c(B(O)O)c1)N1CCCCC1. The summed E-state index contributed by atoms with van der Waals surface area (Å²) in [5.41, 5.74) is 0.615. The van der Waals surface area contributed by atoms with Crippen LogP contribution in [0, 0.1) is 0 Å². The van der Waals surface area contributed by atoms with Crippen molar-refractivity contribution in [3.63, 3.8) is 0 Å². The molecule has 0 saturated carbocycles. The van der Waals surface area contributed by atoms with Gasteiger partial charge < -0.3 is 14.9 Å². The number of carbonyl (C=O) groups excluding carboxylic acids is 1. The van der Waals surface area contributed by atoms with E-state index in [9.17, 15) is 4.79 Å². The fourth-order valence-electron chi connectivity index (χ4n) is 2.15. The normalized spacial score (nSPS) is 15.6. The van der Waals surface area contributed by atoms with Crippen LogP contribution in [-0.2, 0) is 0 Å². The van der Waals surface area contributed by atoms with Crippen LogP contribution in [0.25, 0.3) is 0 Å². The highest BCUT2D eigenvalue weighted by Gasteiger charge is 2.21. The summed E-state index contributed by atoms with van der Waals surface area (Å²) < 4.78 is 0. The highest BCUT2D eigenvalue weighted by atomic mass is 35.5. The molecular weight excluding hydrogens is 252 g/mol.